The van der Waals surface area contributed by atoms with Gasteiger partial charge >= 0.3 is 5.97 Å². The summed E-state index contributed by atoms with van der Waals surface area (Å²) in [5.41, 5.74) is 0.397. The van der Waals surface area contributed by atoms with E-state index in [4.69, 9.17) is 4.74 Å². The van der Waals surface area contributed by atoms with Gasteiger partial charge < -0.3 is 10.1 Å². The normalized spacial score (nSPS) is 11.0. The Morgan fingerprint density at radius 3 is 2.31 bits per heavy atom. The molecule has 0 heterocycles. The van der Waals surface area contributed by atoms with Crippen LogP contribution < -0.4 is 5.32 Å². The second kappa shape index (κ2) is 8.05. The van der Waals surface area contributed by atoms with E-state index < -0.39 is 40.0 Å². The number of hydrogen-bond acceptors (Lipinski definition) is 5. The van der Waals surface area contributed by atoms with E-state index in [0.717, 1.165) is 18.4 Å². The third kappa shape index (κ3) is 5.92. The number of anilines is 1. The van der Waals surface area contributed by atoms with E-state index in [1.54, 1.807) is 0 Å². The minimum absolute atomic E-state index is 0.128. The molecule has 0 aromatic heterocycles. The first-order valence-corrected chi connectivity index (χ1v) is 9.39. The molecule has 0 spiro atoms. The van der Waals surface area contributed by atoms with Crippen LogP contribution in [0.1, 0.15) is 15.9 Å². The second-order valence-electron chi connectivity index (χ2n) is 5.52. The molecule has 0 aliphatic rings. The second-order valence-corrected chi connectivity index (χ2v) is 7.66. The Kier molecular flexibility index (Phi) is 6.04. The Morgan fingerprint density at radius 2 is 1.73 bits per heavy atom. The Bertz CT molecular complexity index is 927. The van der Waals surface area contributed by atoms with Gasteiger partial charge in [0.1, 0.15) is 11.6 Å². The number of ether oxygens (including phenoxy) is 1. The van der Waals surface area contributed by atoms with Gasteiger partial charge in [0.25, 0.3) is 5.91 Å². The maximum absolute atomic E-state index is 13.4. The van der Waals surface area contributed by atoms with Gasteiger partial charge in [0.05, 0.1) is 17.0 Å². The molecular formula is C17H15F2NO5S. The van der Waals surface area contributed by atoms with Gasteiger partial charge in [-0.2, -0.15) is 0 Å². The van der Waals surface area contributed by atoms with Gasteiger partial charge in [-0.3, -0.25) is 4.79 Å². The zero-order valence-electron chi connectivity index (χ0n) is 13.7. The van der Waals surface area contributed by atoms with Crippen molar-refractivity contribution >= 4 is 27.4 Å². The van der Waals surface area contributed by atoms with E-state index in [1.807, 2.05) is 0 Å². The van der Waals surface area contributed by atoms with Gasteiger partial charge in [0, 0.05) is 12.3 Å². The van der Waals surface area contributed by atoms with Crippen molar-refractivity contribution in [3.8, 4) is 0 Å². The standard InChI is InChI=1S/C17H15F2NO5S/c1-26(23,24)10-11-2-4-12(5-3-11)17(22)25-9-16(21)20-15-7-6-13(18)8-14(15)19/h2-8H,9-10H2,1H3,(H,20,21). The zero-order chi connectivity index (χ0) is 19.3. The third-order valence-corrected chi connectivity index (χ3v) is 4.02. The van der Waals surface area contributed by atoms with Crippen LogP contribution in [0, 0.1) is 11.6 Å². The van der Waals surface area contributed by atoms with Crippen LogP contribution in [-0.2, 0) is 25.1 Å². The van der Waals surface area contributed by atoms with Crippen molar-refractivity contribution in [3.05, 3.63) is 65.2 Å². The van der Waals surface area contributed by atoms with Crippen molar-refractivity contribution in [1.29, 1.82) is 0 Å². The largest absolute Gasteiger partial charge is 0.452 e. The van der Waals surface area contributed by atoms with Gasteiger partial charge in [0.15, 0.2) is 16.4 Å². The smallest absolute Gasteiger partial charge is 0.338 e. The molecule has 9 heteroatoms. The molecule has 0 fully saturated rings. The van der Waals surface area contributed by atoms with Gasteiger partial charge in [-0.1, -0.05) is 12.1 Å². The molecule has 0 aliphatic heterocycles. The molecule has 0 radical (unpaired) electrons. The van der Waals surface area contributed by atoms with Crippen LogP contribution in [0.3, 0.4) is 0 Å². The Morgan fingerprint density at radius 1 is 1.08 bits per heavy atom. The number of rotatable bonds is 6. The summed E-state index contributed by atoms with van der Waals surface area (Å²) in [6.45, 7) is -0.666. The number of carbonyl (C=O) groups is 2. The first-order chi connectivity index (χ1) is 12.1. The van der Waals surface area contributed by atoms with Gasteiger partial charge in [-0.15, -0.1) is 0 Å². The van der Waals surface area contributed by atoms with Crippen LogP contribution >= 0.6 is 0 Å². The van der Waals surface area contributed by atoms with E-state index in [-0.39, 0.29) is 17.0 Å². The van der Waals surface area contributed by atoms with Crippen molar-refractivity contribution in [2.24, 2.45) is 0 Å². The summed E-state index contributed by atoms with van der Waals surface area (Å²) in [6, 6.07) is 8.31. The zero-order valence-corrected chi connectivity index (χ0v) is 14.5. The summed E-state index contributed by atoms with van der Waals surface area (Å²) in [6.07, 6.45) is 1.09. The van der Waals surface area contributed by atoms with Gasteiger partial charge in [-0.25, -0.2) is 22.0 Å². The van der Waals surface area contributed by atoms with E-state index in [1.165, 1.54) is 24.3 Å². The lowest BCUT2D eigenvalue weighted by Gasteiger charge is -2.08. The highest BCUT2D eigenvalue weighted by Gasteiger charge is 2.13. The monoisotopic (exact) mass is 383 g/mol. The van der Waals surface area contributed by atoms with Gasteiger partial charge in [-0.05, 0) is 29.8 Å². The van der Waals surface area contributed by atoms with E-state index in [9.17, 15) is 26.8 Å². The predicted molar refractivity (Wildman–Crippen MR) is 90.3 cm³/mol. The Balaban J connectivity index is 1.90. The Hall–Kier alpha value is -2.81. The number of esters is 1. The molecule has 0 unspecified atom stereocenters. The van der Waals surface area contributed by atoms with Gasteiger partial charge in [0.2, 0.25) is 0 Å². The Labute approximate surface area is 148 Å². The molecule has 6 nitrogen and oxygen atoms in total. The molecular weight excluding hydrogens is 368 g/mol. The van der Waals surface area contributed by atoms with Crippen LogP contribution in [0.4, 0.5) is 14.5 Å². The number of carbonyl (C=O) groups excluding carboxylic acids is 2. The lowest BCUT2D eigenvalue weighted by Crippen LogP contribution is -2.21. The number of halogens is 2. The first-order valence-electron chi connectivity index (χ1n) is 7.33. The van der Waals surface area contributed by atoms with Crippen LogP contribution in [0.2, 0.25) is 0 Å². The van der Waals surface area contributed by atoms with E-state index in [2.05, 4.69) is 5.32 Å². The summed E-state index contributed by atoms with van der Waals surface area (Å²) in [7, 11) is -3.19. The molecule has 2 rings (SSSR count). The number of amides is 1. The molecule has 0 saturated heterocycles. The minimum atomic E-state index is -3.19. The quantitative estimate of drug-likeness (QED) is 0.773. The van der Waals surface area contributed by atoms with Crippen molar-refractivity contribution < 1.29 is 31.5 Å². The van der Waals surface area contributed by atoms with Crippen molar-refractivity contribution in [2.75, 3.05) is 18.2 Å². The number of benzene rings is 2. The minimum Gasteiger partial charge on any atom is -0.452 e. The summed E-state index contributed by atoms with van der Waals surface area (Å²) in [4.78, 5) is 23.5. The van der Waals surface area contributed by atoms with Crippen LogP contribution in [0.15, 0.2) is 42.5 Å². The first kappa shape index (κ1) is 19.5. The third-order valence-electron chi connectivity index (χ3n) is 3.16. The fraction of sp³-hybridized carbons (Fsp3) is 0.176. The number of nitrogens with one attached hydrogen (secondary N) is 1. The molecule has 1 amide bonds. The molecule has 0 bridgehead atoms. The summed E-state index contributed by atoms with van der Waals surface area (Å²) >= 11 is 0. The van der Waals surface area contributed by atoms with Crippen molar-refractivity contribution in [1.82, 2.24) is 0 Å². The average Bonchev–Trinajstić information content (AvgIpc) is 2.54. The van der Waals surface area contributed by atoms with Crippen LogP contribution in [0.5, 0.6) is 0 Å². The van der Waals surface area contributed by atoms with Crippen molar-refractivity contribution in [3.63, 3.8) is 0 Å². The van der Waals surface area contributed by atoms with Crippen LogP contribution in [0.25, 0.3) is 0 Å². The number of hydrogen-bond donors (Lipinski definition) is 1. The lowest BCUT2D eigenvalue weighted by molar-refractivity contribution is -0.119. The maximum Gasteiger partial charge on any atom is 0.338 e. The highest BCUT2D eigenvalue weighted by molar-refractivity contribution is 7.89. The molecule has 138 valence electrons. The number of sulfone groups is 1. The highest BCUT2D eigenvalue weighted by atomic mass is 32.2. The predicted octanol–water partition coefficient (Wildman–Crippen LogP) is 2.30. The molecule has 0 saturated carbocycles. The molecule has 26 heavy (non-hydrogen) atoms. The fourth-order valence-electron chi connectivity index (χ4n) is 2.03. The highest BCUT2D eigenvalue weighted by Crippen LogP contribution is 2.15. The molecule has 0 aliphatic carbocycles. The average molecular weight is 383 g/mol. The molecule has 0 atom stereocenters. The summed E-state index contributed by atoms with van der Waals surface area (Å²) < 4.78 is 53.4. The van der Waals surface area contributed by atoms with E-state index >= 15 is 0 Å². The topological polar surface area (TPSA) is 89.5 Å². The van der Waals surface area contributed by atoms with E-state index in [0.29, 0.717) is 11.6 Å². The molecule has 1 N–H and O–H groups in total. The lowest BCUT2D eigenvalue weighted by atomic mass is 10.1. The fourth-order valence-corrected chi connectivity index (χ4v) is 2.83. The van der Waals surface area contributed by atoms with Crippen molar-refractivity contribution in [2.45, 2.75) is 5.75 Å². The molecule has 2 aromatic carbocycles. The SMILES string of the molecule is CS(=O)(=O)Cc1ccc(C(=O)OCC(=O)Nc2ccc(F)cc2F)cc1. The maximum atomic E-state index is 13.4. The van der Waals surface area contributed by atoms with Crippen LogP contribution in [-0.4, -0.2) is 33.2 Å². The summed E-state index contributed by atoms with van der Waals surface area (Å²) in [5, 5.41) is 2.15. The summed E-state index contributed by atoms with van der Waals surface area (Å²) in [5.74, 6) is -3.49. The molecule has 2 aromatic rings.